The van der Waals surface area contributed by atoms with Crippen molar-refractivity contribution in [2.24, 2.45) is 5.92 Å². The van der Waals surface area contributed by atoms with E-state index >= 15 is 0 Å². The predicted molar refractivity (Wildman–Crippen MR) is 141 cm³/mol. The molecule has 2 amide bonds. The summed E-state index contributed by atoms with van der Waals surface area (Å²) in [4.78, 5) is 29.3. The van der Waals surface area contributed by atoms with Crippen LogP contribution in [-0.4, -0.2) is 41.6 Å². The van der Waals surface area contributed by atoms with E-state index in [1.54, 1.807) is 4.90 Å². The van der Waals surface area contributed by atoms with Crippen LogP contribution in [0.25, 0.3) is 11.3 Å². The minimum Gasteiger partial charge on any atom is -0.355 e. The van der Waals surface area contributed by atoms with Crippen LogP contribution in [0.5, 0.6) is 0 Å². The molecule has 7 nitrogen and oxygen atoms in total. The lowest BCUT2D eigenvalue weighted by Gasteiger charge is -2.20. The molecule has 1 atom stereocenters. The molecule has 1 unspecified atom stereocenters. The SMILES string of the molecule is O=C(Nc1ccc(-c2ccc(N3CCCCCC3)nn2)cc1)C1CC(=O)N(c2cccc(Br)c2)C1. The van der Waals surface area contributed by atoms with Crippen LogP contribution < -0.4 is 15.1 Å². The van der Waals surface area contributed by atoms with E-state index in [1.807, 2.05) is 60.7 Å². The van der Waals surface area contributed by atoms with Crippen LogP contribution in [0.3, 0.4) is 0 Å². The maximum atomic E-state index is 12.8. The fourth-order valence-electron chi connectivity index (χ4n) is 4.69. The molecule has 180 valence electrons. The molecular weight excluding hydrogens is 506 g/mol. The molecule has 2 aromatic carbocycles. The largest absolute Gasteiger partial charge is 0.355 e. The van der Waals surface area contributed by atoms with Gasteiger partial charge in [0, 0.05) is 47.5 Å². The van der Waals surface area contributed by atoms with Gasteiger partial charge in [-0.25, -0.2) is 0 Å². The van der Waals surface area contributed by atoms with Crippen LogP contribution in [0.4, 0.5) is 17.2 Å². The van der Waals surface area contributed by atoms with Crippen molar-refractivity contribution in [3.63, 3.8) is 0 Å². The first-order valence-corrected chi connectivity index (χ1v) is 12.9. The molecule has 0 bridgehead atoms. The third-order valence-corrected chi connectivity index (χ3v) is 7.14. The van der Waals surface area contributed by atoms with Crippen molar-refractivity contribution in [2.45, 2.75) is 32.1 Å². The Morgan fingerprint density at radius 1 is 0.943 bits per heavy atom. The predicted octanol–water partition coefficient (Wildman–Crippen LogP) is 5.28. The summed E-state index contributed by atoms with van der Waals surface area (Å²) in [5, 5.41) is 11.8. The molecule has 0 saturated carbocycles. The molecule has 35 heavy (non-hydrogen) atoms. The number of halogens is 1. The van der Waals surface area contributed by atoms with E-state index < -0.39 is 5.92 Å². The standard InChI is InChI=1S/C27H28BrN5O2/c28-21-6-5-7-23(17-21)33-18-20(16-26(33)34)27(35)29-22-10-8-19(9-11-22)24-12-13-25(31-30-24)32-14-3-1-2-4-15-32/h5-13,17,20H,1-4,14-16,18H2,(H,29,35). The first-order valence-electron chi connectivity index (χ1n) is 12.1. The first-order chi connectivity index (χ1) is 17.1. The number of anilines is 3. The first kappa shape index (κ1) is 23.5. The Morgan fingerprint density at radius 3 is 2.40 bits per heavy atom. The highest BCUT2D eigenvalue weighted by molar-refractivity contribution is 9.10. The Morgan fingerprint density at radius 2 is 1.71 bits per heavy atom. The highest BCUT2D eigenvalue weighted by atomic mass is 79.9. The molecule has 5 rings (SSSR count). The van der Waals surface area contributed by atoms with Gasteiger partial charge in [0.25, 0.3) is 0 Å². The van der Waals surface area contributed by atoms with Crippen LogP contribution in [0.2, 0.25) is 0 Å². The van der Waals surface area contributed by atoms with Gasteiger partial charge >= 0.3 is 0 Å². The number of aromatic nitrogens is 2. The van der Waals surface area contributed by atoms with Gasteiger partial charge in [-0.2, -0.15) is 0 Å². The van der Waals surface area contributed by atoms with Crippen molar-refractivity contribution < 1.29 is 9.59 Å². The summed E-state index contributed by atoms with van der Waals surface area (Å²) in [6.07, 6.45) is 5.17. The van der Waals surface area contributed by atoms with Gasteiger partial charge in [0.15, 0.2) is 5.82 Å². The zero-order valence-electron chi connectivity index (χ0n) is 19.5. The second-order valence-electron chi connectivity index (χ2n) is 9.13. The van der Waals surface area contributed by atoms with Crippen molar-refractivity contribution in [1.29, 1.82) is 0 Å². The molecule has 2 saturated heterocycles. The number of nitrogens with zero attached hydrogens (tertiary/aromatic N) is 4. The Labute approximate surface area is 213 Å². The minimum absolute atomic E-state index is 0.0409. The van der Waals surface area contributed by atoms with Gasteiger partial charge in [-0.3, -0.25) is 9.59 Å². The summed E-state index contributed by atoms with van der Waals surface area (Å²) in [5.41, 5.74) is 3.23. The number of carbonyl (C=O) groups excluding carboxylic acids is 2. The van der Waals surface area contributed by atoms with Gasteiger partial charge in [-0.05, 0) is 55.3 Å². The second kappa shape index (κ2) is 10.6. The molecule has 2 aliphatic heterocycles. The number of amides is 2. The molecular formula is C27H28BrN5O2. The summed E-state index contributed by atoms with van der Waals surface area (Å²) in [7, 11) is 0. The lowest BCUT2D eigenvalue weighted by Crippen LogP contribution is -2.28. The lowest BCUT2D eigenvalue weighted by atomic mass is 10.1. The Hall–Kier alpha value is -3.26. The molecule has 3 aromatic rings. The quantitative estimate of drug-likeness (QED) is 0.482. The van der Waals surface area contributed by atoms with Gasteiger partial charge in [0.1, 0.15) is 0 Å². The fraction of sp³-hybridized carbons (Fsp3) is 0.333. The smallest absolute Gasteiger partial charge is 0.229 e. The number of benzene rings is 2. The second-order valence-corrected chi connectivity index (χ2v) is 10.0. The average Bonchev–Trinajstić information content (AvgIpc) is 3.08. The van der Waals surface area contributed by atoms with E-state index in [2.05, 4.69) is 36.3 Å². The van der Waals surface area contributed by atoms with Gasteiger partial charge in [-0.15, -0.1) is 10.2 Å². The van der Waals surface area contributed by atoms with E-state index in [9.17, 15) is 9.59 Å². The van der Waals surface area contributed by atoms with Crippen LogP contribution in [0.1, 0.15) is 32.1 Å². The van der Waals surface area contributed by atoms with E-state index in [4.69, 9.17) is 0 Å². The molecule has 1 N–H and O–H groups in total. The third kappa shape index (κ3) is 5.53. The number of rotatable bonds is 5. The Kier molecular flexibility index (Phi) is 7.08. The highest BCUT2D eigenvalue weighted by Crippen LogP contribution is 2.28. The molecule has 0 radical (unpaired) electrons. The zero-order chi connectivity index (χ0) is 24.2. The highest BCUT2D eigenvalue weighted by Gasteiger charge is 2.35. The maximum absolute atomic E-state index is 12.8. The lowest BCUT2D eigenvalue weighted by molar-refractivity contribution is -0.122. The minimum atomic E-state index is -0.390. The third-order valence-electron chi connectivity index (χ3n) is 6.64. The van der Waals surface area contributed by atoms with Crippen LogP contribution in [-0.2, 0) is 9.59 Å². The fourth-order valence-corrected chi connectivity index (χ4v) is 5.08. The van der Waals surface area contributed by atoms with Crippen molar-refractivity contribution >= 4 is 44.9 Å². The molecule has 3 heterocycles. The summed E-state index contributed by atoms with van der Waals surface area (Å²) < 4.78 is 0.900. The molecule has 2 fully saturated rings. The van der Waals surface area contributed by atoms with Crippen molar-refractivity contribution in [2.75, 3.05) is 34.8 Å². The summed E-state index contributed by atoms with van der Waals surface area (Å²) in [6, 6.07) is 19.2. The summed E-state index contributed by atoms with van der Waals surface area (Å²) in [6.45, 7) is 2.45. The van der Waals surface area contributed by atoms with Crippen LogP contribution >= 0.6 is 15.9 Å². The number of hydrogen-bond donors (Lipinski definition) is 1. The van der Waals surface area contributed by atoms with E-state index in [1.165, 1.54) is 25.7 Å². The Bertz CT molecular complexity index is 1190. The molecule has 0 aliphatic carbocycles. The van der Waals surface area contributed by atoms with Crippen molar-refractivity contribution in [1.82, 2.24) is 10.2 Å². The number of hydrogen-bond acceptors (Lipinski definition) is 5. The van der Waals surface area contributed by atoms with E-state index in [-0.39, 0.29) is 18.2 Å². The van der Waals surface area contributed by atoms with Gasteiger partial charge in [0.2, 0.25) is 11.8 Å². The topological polar surface area (TPSA) is 78.4 Å². The number of carbonyl (C=O) groups is 2. The van der Waals surface area contributed by atoms with Gasteiger partial charge < -0.3 is 15.1 Å². The van der Waals surface area contributed by atoms with Crippen LogP contribution in [0, 0.1) is 5.92 Å². The zero-order valence-corrected chi connectivity index (χ0v) is 21.1. The number of nitrogens with one attached hydrogen (secondary N) is 1. The maximum Gasteiger partial charge on any atom is 0.229 e. The van der Waals surface area contributed by atoms with Gasteiger partial charge in [-0.1, -0.05) is 47.0 Å². The molecule has 8 heteroatoms. The monoisotopic (exact) mass is 533 g/mol. The van der Waals surface area contributed by atoms with Crippen molar-refractivity contribution in [3.8, 4) is 11.3 Å². The normalized spacial score (nSPS) is 18.4. The van der Waals surface area contributed by atoms with Crippen molar-refractivity contribution in [3.05, 3.63) is 65.1 Å². The summed E-state index contributed by atoms with van der Waals surface area (Å²) >= 11 is 3.44. The van der Waals surface area contributed by atoms with Crippen LogP contribution in [0.15, 0.2) is 65.1 Å². The molecule has 0 spiro atoms. The molecule has 2 aliphatic rings. The Balaban J connectivity index is 1.20. The molecule has 1 aromatic heterocycles. The summed E-state index contributed by atoms with van der Waals surface area (Å²) in [5.74, 6) is 0.354. The average molecular weight is 534 g/mol. The van der Waals surface area contributed by atoms with E-state index in [0.717, 1.165) is 40.3 Å². The van der Waals surface area contributed by atoms with Gasteiger partial charge in [0.05, 0.1) is 11.6 Å². The van der Waals surface area contributed by atoms with E-state index in [0.29, 0.717) is 12.2 Å².